The number of methoxy groups -OCH3 is 2. The van der Waals surface area contributed by atoms with E-state index in [2.05, 4.69) is 20.4 Å². The third kappa shape index (κ3) is 7.04. The van der Waals surface area contributed by atoms with Gasteiger partial charge in [0.05, 0.1) is 60.1 Å². The van der Waals surface area contributed by atoms with Gasteiger partial charge in [-0.15, -0.1) is 0 Å². The Bertz CT molecular complexity index is 2510. The molecule has 6 aromatic rings. The molecule has 0 unspecified atom stereocenters. The van der Waals surface area contributed by atoms with Gasteiger partial charge in [0, 0.05) is 25.6 Å². The molecule has 0 bridgehead atoms. The van der Waals surface area contributed by atoms with E-state index in [1.807, 2.05) is 0 Å². The fourth-order valence-corrected chi connectivity index (χ4v) is 6.97. The van der Waals surface area contributed by atoms with Crippen molar-refractivity contribution in [2.24, 2.45) is 7.05 Å². The van der Waals surface area contributed by atoms with Crippen LogP contribution in [-0.4, -0.2) is 64.4 Å². The Kier molecular flexibility index (Phi) is 9.74. The van der Waals surface area contributed by atoms with E-state index in [4.69, 9.17) is 21.1 Å². The minimum Gasteiger partial charge on any atom is -0.497 e. The maximum atomic E-state index is 14.5. The number of amides is 1. The van der Waals surface area contributed by atoms with Crippen molar-refractivity contribution in [1.82, 2.24) is 29.6 Å². The van der Waals surface area contributed by atoms with Crippen molar-refractivity contribution in [1.29, 1.82) is 0 Å². The first kappa shape index (κ1) is 36.0. The van der Waals surface area contributed by atoms with Crippen LogP contribution in [0.1, 0.15) is 23.0 Å². The first-order valence-corrected chi connectivity index (χ1v) is 17.6. The molecule has 52 heavy (non-hydrogen) atoms. The molecule has 2 N–H and O–H groups in total. The molecule has 0 radical (unpaired) electrons. The molecule has 6 rings (SSSR count). The number of ether oxygens (including phenoxy) is 2. The van der Waals surface area contributed by atoms with Crippen LogP contribution in [0.4, 0.5) is 19.4 Å². The maximum Gasteiger partial charge on any atom is 0.405 e. The molecule has 0 saturated carbocycles. The van der Waals surface area contributed by atoms with E-state index in [1.54, 1.807) is 24.3 Å². The van der Waals surface area contributed by atoms with Crippen LogP contribution in [0.25, 0.3) is 27.6 Å². The van der Waals surface area contributed by atoms with Crippen molar-refractivity contribution in [2.75, 3.05) is 24.8 Å². The van der Waals surface area contributed by atoms with Crippen LogP contribution in [0.2, 0.25) is 5.02 Å². The molecule has 0 aliphatic carbocycles. The van der Waals surface area contributed by atoms with Crippen LogP contribution in [0, 0.1) is 11.6 Å². The highest BCUT2D eigenvalue weighted by Gasteiger charge is 2.30. The van der Waals surface area contributed by atoms with Gasteiger partial charge in [0.2, 0.25) is 15.9 Å². The SMILES string of the molecule is COc1ccc(CN(c2nn(C)c3c(-n4c([C@H](Cc5cc(F)cc(F)c5)NC(=O)O)nc5nc(OC)ccc5c4=O)ccc(Cl)c23)S(C)(=O)=O)cc1. The molecule has 1 atom stereocenters. The number of fused-ring (bicyclic) bond motifs is 2. The van der Waals surface area contributed by atoms with Crippen LogP contribution in [0.3, 0.4) is 0 Å². The van der Waals surface area contributed by atoms with E-state index in [0.29, 0.717) is 17.4 Å². The number of pyridine rings is 1. The molecule has 0 aliphatic rings. The molecular weight excluding hydrogens is 724 g/mol. The second-order valence-electron chi connectivity index (χ2n) is 11.7. The second kappa shape index (κ2) is 14.1. The number of aryl methyl sites for hydroxylation is 1. The highest BCUT2D eigenvalue weighted by molar-refractivity contribution is 7.92. The number of sulfonamides is 1. The molecule has 3 aromatic carbocycles. The second-order valence-corrected chi connectivity index (χ2v) is 14.0. The lowest BCUT2D eigenvalue weighted by Crippen LogP contribution is -2.35. The van der Waals surface area contributed by atoms with Gasteiger partial charge in [-0.25, -0.2) is 31.3 Å². The first-order chi connectivity index (χ1) is 24.7. The highest BCUT2D eigenvalue weighted by atomic mass is 35.5. The summed E-state index contributed by atoms with van der Waals surface area (Å²) in [6.07, 6.45) is -0.851. The van der Waals surface area contributed by atoms with Crippen LogP contribution in [0.15, 0.2) is 71.5 Å². The van der Waals surface area contributed by atoms with Gasteiger partial charge in [0.1, 0.15) is 23.2 Å². The number of carbonyl (C=O) groups is 1. The first-order valence-electron chi connectivity index (χ1n) is 15.4. The van der Waals surface area contributed by atoms with Crippen LogP contribution < -0.4 is 24.7 Å². The molecule has 3 heterocycles. The Morgan fingerprint density at radius 2 is 1.69 bits per heavy atom. The molecule has 18 heteroatoms. The molecule has 0 fully saturated rings. The maximum absolute atomic E-state index is 14.5. The van der Waals surface area contributed by atoms with Crippen LogP contribution in [-0.2, 0) is 30.0 Å². The van der Waals surface area contributed by atoms with Crippen molar-refractivity contribution in [3.05, 3.63) is 111 Å². The Morgan fingerprint density at radius 3 is 2.31 bits per heavy atom. The lowest BCUT2D eigenvalue weighted by Gasteiger charge is -2.23. The summed E-state index contributed by atoms with van der Waals surface area (Å²) >= 11 is 6.77. The van der Waals surface area contributed by atoms with Crippen LogP contribution >= 0.6 is 11.6 Å². The van der Waals surface area contributed by atoms with Crippen molar-refractivity contribution in [3.8, 4) is 17.3 Å². The number of rotatable bonds is 11. The third-order valence-electron chi connectivity index (χ3n) is 8.17. The average Bonchev–Trinajstić information content (AvgIpc) is 3.43. The van der Waals surface area contributed by atoms with E-state index in [0.717, 1.165) is 27.3 Å². The predicted molar refractivity (Wildman–Crippen MR) is 189 cm³/mol. The molecule has 0 saturated heterocycles. The molecule has 0 aliphatic heterocycles. The van der Waals surface area contributed by atoms with Gasteiger partial charge in [-0.3, -0.25) is 14.0 Å². The molecule has 3 aromatic heterocycles. The van der Waals surface area contributed by atoms with Crippen LogP contribution in [0.5, 0.6) is 11.6 Å². The summed E-state index contributed by atoms with van der Waals surface area (Å²) in [7, 11) is 0.398. The minimum absolute atomic E-state index is 0.0122. The zero-order valence-corrected chi connectivity index (χ0v) is 29.5. The van der Waals surface area contributed by atoms with E-state index in [1.165, 1.54) is 50.2 Å². The summed E-state index contributed by atoms with van der Waals surface area (Å²) < 4.78 is 69.1. The zero-order valence-electron chi connectivity index (χ0n) is 28.0. The number of hydrogen-bond acceptors (Lipinski definition) is 9. The average molecular weight is 754 g/mol. The van der Waals surface area contributed by atoms with Crippen molar-refractivity contribution < 1.29 is 36.6 Å². The van der Waals surface area contributed by atoms with Gasteiger partial charge < -0.3 is 19.9 Å². The number of nitrogens with zero attached hydrogens (tertiary/aromatic N) is 6. The summed E-state index contributed by atoms with van der Waals surface area (Å²) in [5, 5.41) is 17.0. The zero-order chi connectivity index (χ0) is 37.5. The topological polar surface area (TPSA) is 171 Å². The number of carboxylic acid groups (broad SMARTS) is 1. The van der Waals surface area contributed by atoms with Gasteiger partial charge >= 0.3 is 6.09 Å². The monoisotopic (exact) mass is 753 g/mol. The van der Waals surface area contributed by atoms with E-state index < -0.39 is 39.4 Å². The Balaban J connectivity index is 1.63. The number of anilines is 1. The van der Waals surface area contributed by atoms with E-state index >= 15 is 0 Å². The number of hydrogen-bond donors (Lipinski definition) is 2. The fourth-order valence-electron chi connectivity index (χ4n) is 5.91. The Morgan fingerprint density at radius 1 is 1.00 bits per heavy atom. The molecule has 270 valence electrons. The lowest BCUT2D eigenvalue weighted by atomic mass is 10.0. The number of benzene rings is 3. The minimum atomic E-state index is -3.99. The third-order valence-corrected chi connectivity index (χ3v) is 9.59. The fraction of sp³-hybridized carbons (Fsp3) is 0.206. The van der Waals surface area contributed by atoms with Gasteiger partial charge in [-0.2, -0.15) is 10.1 Å². The van der Waals surface area contributed by atoms with Gasteiger partial charge in [-0.05, 0) is 53.6 Å². The number of halogens is 3. The Hall–Kier alpha value is -5.81. The quantitative estimate of drug-likeness (QED) is 0.181. The van der Waals surface area contributed by atoms with Crippen molar-refractivity contribution >= 4 is 55.5 Å². The Labute approximate surface area is 299 Å². The largest absolute Gasteiger partial charge is 0.497 e. The van der Waals surface area contributed by atoms with Gasteiger partial charge in [-0.1, -0.05) is 23.7 Å². The summed E-state index contributed by atoms with van der Waals surface area (Å²) in [5.41, 5.74) is 0.129. The van der Waals surface area contributed by atoms with E-state index in [-0.39, 0.29) is 68.7 Å². The summed E-state index contributed by atoms with van der Waals surface area (Å²) in [4.78, 5) is 35.6. The highest BCUT2D eigenvalue weighted by Crippen LogP contribution is 2.38. The number of nitrogens with one attached hydrogen (secondary N) is 1. The summed E-state index contributed by atoms with van der Waals surface area (Å²) in [6.45, 7) is -0.138. The normalized spacial score (nSPS) is 12.2. The smallest absolute Gasteiger partial charge is 0.405 e. The van der Waals surface area contributed by atoms with Crippen molar-refractivity contribution in [2.45, 2.75) is 19.0 Å². The predicted octanol–water partition coefficient (Wildman–Crippen LogP) is 5.13. The summed E-state index contributed by atoms with van der Waals surface area (Å²) in [6, 6.07) is 13.9. The molecular formula is C34H30ClF2N7O7S. The molecule has 1 amide bonds. The van der Waals surface area contributed by atoms with Gasteiger partial charge in [0.15, 0.2) is 11.5 Å². The van der Waals surface area contributed by atoms with Crippen molar-refractivity contribution in [3.63, 3.8) is 0 Å². The lowest BCUT2D eigenvalue weighted by molar-refractivity contribution is 0.189. The molecule has 14 nitrogen and oxygen atoms in total. The molecule has 0 spiro atoms. The van der Waals surface area contributed by atoms with E-state index in [9.17, 15) is 31.9 Å². The van der Waals surface area contributed by atoms with Gasteiger partial charge in [0.25, 0.3) is 5.56 Å². The summed E-state index contributed by atoms with van der Waals surface area (Å²) in [5.74, 6) is -1.37. The standard InChI is InChI=1S/C34H30ClF2N7O7S/c1-42-29-26(11-10-24(35)28(29)32(41-42)43(52(4,48)49)17-18-5-7-22(50-2)8-6-18)44-31(40-30-23(33(44)45)9-12-27(39-30)51-3)25(38-34(46)47)15-19-13-20(36)16-21(37)14-19/h5-14,16,25,38H,15,17H2,1-4H3,(H,46,47)/t25-/m0/s1. The number of aromatic nitrogens is 5.